The van der Waals surface area contributed by atoms with Crippen LogP contribution in [0.3, 0.4) is 0 Å². The minimum absolute atomic E-state index is 0. The second-order valence-electron chi connectivity index (χ2n) is 7.11. The van der Waals surface area contributed by atoms with Gasteiger partial charge in [-0.2, -0.15) is 0 Å². The van der Waals surface area contributed by atoms with E-state index < -0.39 is 15.6 Å². The molecule has 1 aromatic carbocycles. The Morgan fingerprint density at radius 2 is 1.88 bits per heavy atom. The molecule has 1 aromatic rings. The van der Waals surface area contributed by atoms with E-state index in [1.165, 1.54) is 12.1 Å². The predicted octanol–water partition coefficient (Wildman–Crippen LogP) is 2.28. The average molecular weight is 390 g/mol. The lowest BCUT2D eigenvalue weighted by molar-refractivity contribution is -0.117. The Balaban J connectivity index is 0.00000312. The number of nitrogens with two attached hydrogens (primary N) is 1. The van der Waals surface area contributed by atoms with E-state index in [0.29, 0.717) is 25.3 Å². The lowest BCUT2D eigenvalue weighted by Gasteiger charge is -2.30. The third kappa shape index (κ3) is 5.41. The number of nitrogens with zero attached hydrogens (tertiary/aromatic N) is 1. The molecule has 1 aliphatic rings. The van der Waals surface area contributed by atoms with Gasteiger partial charge < -0.3 is 10.6 Å². The van der Waals surface area contributed by atoms with Crippen LogP contribution in [0.1, 0.15) is 40.0 Å². The van der Waals surface area contributed by atoms with Gasteiger partial charge in [-0.25, -0.2) is 13.1 Å². The van der Waals surface area contributed by atoms with Crippen LogP contribution in [0.2, 0.25) is 0 Å². The minimum Gasteiger partial charge on any atom is -0.329 e. The van der Waals surface area contributed by atoms with Crippen LogP contribution in [-0.4, -0.2) is 33.0 Å². The lowest BCUT2D eigenvalue weighted by atomic mass is 9.92. The molecule has 2 rings (SSSR count). The first-order valence-electron chi connectivity index (χ1n) is 8.31. The molecule has 1 heterocycles. The first kappa shape index (κ1) is 21.9. The van der Waals surface area contributed by atoms with Gasteiger partial charge in [0.25, 0.3) is 0 Å². The highest BCUT2D eigenvalue weighted by molar-refractivity contribution is 7.89. The molecule has 1 fully saturated rings. The number of anilines is 1. The van der Waals surface area contributed by atoms with Gasteiger partial charge in [-0.05, 0) is 49.9 Å². The van der Waals surface area contributed by atoms with Crippen LogP contribution in [0.4, 0.5) is 5.69 Å². The van der Waals surface area contributed by atoms with Gasteiger partial charge in [-0.15, -0.1) is 12.4 Å². The molecule has 0 spiro atoms. The van der Waals surface area contributed by atoms with Crippen molar-refractivity contribution in [3.8, 4) is 0 Å². The zero-order valence-electron chi connectivity index (χ0n) is 15.0. The van der Waals surface area contributed by atoms with E-state index in [9.17, 15) is 13.2 Å². The molecule has 25 heavy (non-hydrogen) atoms. The molecule has 8 heteroatoms. The maximum atomic E-state index is 12.6. The van der Waals surface area contributed by atoms with Crippen molar-refractivity contribution in [2.45, 2.75) is 50.5 Å². The van der Waals surface area contributed by atoms with Crippen LogP contribution in [0.15, 0.2) is 29.2 Å². The van der Waals surface area contributed by atoms with Gasteiger partial charge in [0.2, 0.25) is 15.9 Å². The number of hydrogen-bond acceptors (Lipinski definition) is 4. The number of nitrogens with one attached hydrogen (secondary N) is 1. The molecule has 142 valence electrons. The molecule has 0 saturated carbocycles. The molecule has 1 aliphatic heterocycles. The quantitative estimate of drug-likeness (QED) is 0.748. The van der Waals surface area contributed by atoms with Crippen molar-refractivity contribution < 1.29 is 13.2 Å². The largest absolute Gasteiger partial charge is 0.329 e. The fourth-order valence-electron chi connectivity index (χ4n) is 3.18. The number of benzene rings is 1. The summed E-state index contributed by atoms with van der Waals surface area (Å²) in [6, 6.07) is 6.44. The molecule has 1 amide bonds. The van der Waals surface area contributed by atoms with Gasteiger partial charge in [0, 0.05) is 30.7 Å². The van der Waals surface area contributed by atoms with Gasteiger partial charge in [-0.1, -0.05) is 13.8 Å². The highest BCUT2D eigenvalue weighted by atomic mass is 35.5. The summed E-state index contributed by atoms with van der Waals surface area (Å²) in [6.07, 6.45) is 2.04. The second kappa shape index (κ2) is 8.49. The van der Waals surface area contributed by atoms with Crippen LogP contribution < -0.4 is 15.4 Å². The standard InChI is InChI=1S/C17H27N3O3S.ClH/c1-13(2)11-17(3,12-18)19-24(22,23)15-8-6-14(7-9-15)20-10-4-5-16(20)21;/h6-9,13,19H,4-5,10-12,18H2,1-3H3;1H. The molecular weight excluding hydrogens is 362 g/mol. The molecule has 0 radical (unpaired) electrons. The van der Waals surface area contributed by atoms with E-state index in [0.717, 1.165) is 12.1 Å². The molecule has 1 unspecified atom stereocenters. The van der Waals surface area contributed by atoms with Crippen molar-refractivity contribution in [3.05, 3.63) is 24.3 Å². The fourth-order valence-corrected chi connectivity index (χ4v) is 4.61. The molecule has 0 bridgehead atoms. The van der Waals surface area contributed by atoms with Crippen LogP contribution in [0.25, 0.3) is 0 Å². The van der Waals surface area contributed by atoms with Crippen molar-refractivity contribution in [1.29, 1.82) is 0 Å². The zero-order valence-corrected chi connectivity index (χ0v) is 16.6. The Morgan fingerprint density at radius 3 is 2.32 bits per heavy atom. The molecule has 0 aliphatic carbocycles. The third-order valence-corrected chi connectivity index (χ3v) is 5.88. The van der Waals surface area contributed by atoms with E-state index in [2.05, 4.69) is 4.72 Å². The van der Waals surface area contributed by atoms with E-state index in [1.54, 1.807) is 17.0 Å². The number of hydrogen-bond donors (Lipinski definition) is 2. The Morgan fingerprint density at radius 1 is 1.28 bits per heavy atom. The molecule has 6 nitrogen and oxygen atoms in total. The van der Waals surface area contributed by atoms with E-state index in [4.69, 9.17) is 5.73 Å². The number of carbonyl (C=O) groups excluding carboxylic acids is 1. The summed E-state index contributed by atoms with van der Waals surface area (Å²) < 4.78 is 28.0. The molecule has 3 N–H and O–H groups in total. The summed E-state index contributed by atoms with van der Waals surface area (Å²) in [6.45, 7) is 6.80. The summed E-state index contributed by atoms with van der Waals surface area (Å²) in [4.78, 5) is 13.6. The Labute approximate surface area is 156 Å². The maximum Gasteiger partial charge on any atom is 0.241 e. The fraction of sp³-hybridized carbons (Fsp3) is 0.588. The molecule has 0 aromatic heterocycles. The van der Waals surface area contributed by atoms with E-state index in [-0.39, 0.29) is 29.8 Å². The smallest absolute Gasteiger partial charge is 0.241 e. The summed E-state index contributed by atoms with van der Waals surface area (Å²) in [5.74, 6) is 0.404. The van der Waals surface area contributed by atoms with Crippen molar-refractivity contribution in [1.82, 2.24) is 4.72 Å². The first-order chi connectivity index (χ1) is 11.2. The lowest BCUT2D eigenvalue weighted by Crippen LogP contribution is -2.51. The van der Waals surface area contributed by atoms with E-state index >= 15 is 0 Å². The third-order valence-electron chi connectivity index (χ3n) is 4.22. The van der Waals surface area contributed by atoms with Crippen LogP contribution in [0, 0.1) is 5.92 Å². The van der Waals surface area contributed by atoms with Gasteiger partial charge in [-0.3, -0.25) is 4.79 Å². The van der Waals surface area contributed by atoms with Gasteiger partial charge in [0.15, 0.2) is 0 Å². The number of rotatable bonds is 7. The minimum atomic E-state index is -3.66. The molecular formula is C17H28ClN3O3S. The van der Waals surface area contributed by atoms with Crippen molar-refractivity contribution >= 4 is 34.0 Å². The molecule has 1 atom stereocenters. The summed E-state index contributed by atoms with van der Waals surface area (Å²) in [7, 11) is -3.66. The van der Waals surface area contributed by atoms with Crippen molar-refractivity contribution in [2.75, 3.05) is 18.0 Å². The normalized spacial score (nSPS) is 17.5. The Kier molecular flexibility index (Phi) is 7.43. The average Bonchev–Trinajstić information content (AvgIpc) is 2.92. The van der Waals surface area contributed by atoms with Crippen molar-refractivity contribution in [3.63, 3.8) is 0 Å². The maximum absolute atomic E-state index is 12.6. The monoisotopic (exact) mass is 389 g/mol. The Bertz CT molecular complexity index is 692. The van der Waals surface area contributed by atoms with Gasteiger partial charge in [0.1, 0.15) is 0 Å². The van der Waals surface area contributed by atoms with Crippen LogP contribution in [0.5, 0.6) is 0 Å². The summed E-state index contributed by atoms with van der Waals surface area (Å²) >= 11 is 0. The highest BCUT2D eigenvalue weighted by Gasteiger charge is 2.30. The number of carbonyl (C=O) groups is 1. The summed E-state index contributed by atoms with van der Waals surface area (Å²) in [5.41, 5.74) is 5.84. The Hall–Kier alpha value is -1.15. The second-order valence-corrected chi connectivity index (χ2v) is 8.79. The topological polar surface area (TPSA) is 92.5 Å². The van der Waals surface area contributed by atoms with Crippen LogP contribution >= 0.6 is 12.4 Å². The van der Waals surface area contributed by atoms with Crippen LogP contribution in [-0.2, 0) is 14.8 Å². The van der Waals surface area contributed by atoms with Gasteiger partial charge in [0.05, 0.1) is 4.90 Å². The van der Waals surface area contributed by atoms with Gasteiger partial charge >= 0.3 is 0 Å². The highest BCUT2D eigenvalue weighted by Crippen LogP contribution is 2.24. The van der Waals surface area contributed by atoms with Crippen molar-refractivity contribution in [2.24, 2.45) is 11.7 Å². The zero-order chi connectivity index (χ0) is 18.0. The first-order valence-corrected chi connectivity index (χ1v) is 9.80. The van der Waals surface area contributed by atoms with E-state index in [1.807, 2.05) is 20.8 Å². The predicted molar refractivity (Wildman–Crippen MR) is 103 cm³/mol. The number of amides is 1. The number of sulfonamides is 1. The SMILES string of the molecule is CC(C)CC(C)(CN)NS(=O)(=O)c1ccc(N2CCCC2=O)cc1.Cl. The summed E-state index contributed by atoms with van der Waals surface area (Å²) in [5, 5.41) is 0. The molecule has 1 saturated heterocycles. The number of halogens is 1.